The molecule has 8 rings (SSSR count). The number of fused-ring (bicyclic) bond motifs is 5. The van der Waals surface area contributed by atoms with Crippen LogP contribution in [0.2, 0.25) is 0 Å². The molecule has 5 aromatic rings. The Morgan fingerprint density at radius 3 is 2.33 bits per heavy atom. The molecule has 6 heteroatoms. The number of ketones is 1. The topological polar surface area (TPSA) is 53.0 Å². The summed E-state index contributed by atoms with van der Waals surface area (Å²) in [6.07, 6.45) is 1.38. The van der Waals surface area contributed by atoms with Gasteiger partial charge in [0.25, 0.3) is 5.91 Å². The third-order valence-corrected chi connectivity index (χ3v) is 9.80. The molecule has 5 nitrogen and oxygen atoms in total. The smallest absolute Gasteiger partial charge is 0.260 e. The van der Waals surface area contributed by atoms with Gasteiger partial charge in [-0.1, -0.05) is 103 Å². The molecule has 0 radical (unpaired) electrons. The number of hydrogen-bond donors (Lipinski definition) is 0. The lowest BCUT2D eigenvalue weighted by atomic mass is 9.62. The molecule has 5 aromatic carbocycles. The van der Waals surface area contributed by atoms with Crippen LogP contribution < -0.4 is 9.91 Å². The molecule has 1 aliphatic carbocycles. The number of hydrazone groups is 1. The fourth-order valence-electron chi connectivity index (χ4n) is 7.71. The van der Waals surface area contributed by atoms with E-state index in [4.69, 9.17) is 5.10 Å². The van der Waals surface area contributed by atoms with Crippen LogP contribution in [0.1, 0.15) is 44.6 Å². The van der Waals surface area contributed by atoms with E-state index >= 15 is 14.0 Å². The summed E-state index contributed by atoms with van der Waals surface area (Å²) in [4.78, 5) is 32.4. The zero-order valence-corrected chi connectivity index (χ0v) is 25.4. The van der Waals surface area contributed by atoms with Crippen LogP contribution in [0.25, 0.3) is 0 Å². The zero-order chi connectivity index (χ0) is 31.4. The summed E-state index contributed by atoms with van der Waals surface area (Å²) in [6, 6.07) is 39.5. The van der Waals surface area contributed by atoms with E-state index in [-0.39, 0.29) is 24.2 Å². The van der Waals surface area contributed by atoms with Crippen LogP contribution in [0, 0.1) is 24.6 Å². The van der Waals surface area contributed by atoms with Crippen LogP contribution in [-0.2, 0) is 23.3 Å². The SMILES string of the molecule is Cc1ccc(C(=O)[C@@H]2[C@@H]3CCc4ccccc4C3=NN(c3ccccc3)[C@@]23C(=O)N(Cc2ccccc2)c2ccc(F)cc23)cc1. The second kappa shape index (κ2) is 10.9. The summed E-state index contributed by atoms with van der Waals surface area (Å²) < 4.78 is 15.5. The van der Waals surface area contributed by atoms with Gasteiger partial charge >= 0.3 is 0 Å². The van der Waals surface area contributed by atoms with Gasteiger partial charge in [-0.3, -0.25) is 9.59 Å². The Balaban J connectivity index is 1.44. The predicted molar refractivity (Wildman–Crippen MR) is 178 cm³/mol. The molecule has 1 amide bonds. The van der Waals surface area contributed by atoms with Crippen molar-refractivity contribution in [2.45, 2.75) is 31.8 Å². The lowest BCUT2D eigenvalue weighted by Crippen LogP contribution is -2.64. The fourth-order valence-corrected chi connectivity index (χ4v) is 7.71. The molecule has 0 bridgehead atoms. The largest absolute Gasteiger partial charge is 0.305 e. The van der Waals surface area contributed by atoms with Gasteiger partial charge in [0.2, 0.25) is 0 Å². The van der Waals surface area contributed by atoms with Gasteiger partial charge in [-0.25, -0.2) is 9.40 Å². The number of halogens is 1. The summed E-state index contributed by atoms with van der Waals surface area (Å²) in [7, 11) is 0. The molecule has 0 N–H and O–H groups in total. The van der Waals surface area contributed by atoms with E-state index in [1.54, 1.807) is 16.0 Å². The summed E-state index contributed by atoms with van der Waals surface area (Å²) >= 11 is 0. The van der Waals surface area contributed by atoms with Crippen molar-refractivity contribution in [1.29, 1.82) is 0 Å². The van der Waals surface area contributed by atoms with E-state index in [0.717, 1.165) is 34.4 Å². The molecule has 226 valence electrons. The van der Waals surface area contributed by atoms with Crippen molar-refractivity contribution in [3.05, 3.63) is 167 Å². The molecule has 0 saturated carbocycles. The maximum atomic E-state index is 15.5. The third kappa shape index (κ3) is 4.24. The molecule has 46 heavy (non-hydrogen) atoms. The van der Waals surface area contributed by atoms with Crippen LogP contribution in [0.3, 0.4) is 0 Å². The van der Waals surface area contributed by atoms with Gasteiger partial charge in [0, 0.05) is 22.6 Å². The van der Waals surface area contributed by atoms with E-state index in [9.17, 15) is 0 Å². The van der Waals surface area contributed by atoms with Crippen molar-refractivity contribution in [1.82, 2.24) is 0 Å². The van der Waals surface area contributed by atoms with Crippen molar-refractivity contribution in [3.8, 4) is 0 Å². The summed E-state index contributed by atoms with van der Waals surface area (Å²) in [6.45, 7) is 2.26. The first-order valence-electron chi connectivity index (χ1n) is 15.8. The highest BCUT2D eigenvalue weighted by Crippen LogP contribution is 2.57. The number of nitrogens with zero attached hydrogens (tertiary/aromatic N) is 3. The summed E-state index contributed by atoms with van der Waals surface area (Å²) in [5, 5.41) is 7.08. The molecule has 2 heterocycles. The van der Waals surface area contributed by atoms with Gasteiger partial charge in [-0.2, -0.15) is 5.10 Å². The highest BCUT2D eigenvalue weighted by Gasteiger charge is 2.66. The van der Waals surface area contributed by atoms with Crippen LogP contribution >= 0.6 is 0 Å². The second-order valence-electron chi connectivity index (χ2n) is 12.4. The predicted octanol–water partition coefficient (Wildman–Crippen LogP) is 7.86. The van der Waals surface area contributed by atoms with E-state index in [1.807, 2.05) is 104 Å². The van der Waals surface area contributed by atoms with E-state index in [0.29, 0.717) is 28.9 Å². The fraction of sp³-hybridized carbons (Fsp3) is 0.175. The van der Waals surface area contributed by atoms with Crippen LogP contribution in [-0.4, -0.2) is 17.4 Å². The Kier molecular flexibility index (Phi) is 6.68. The van der Waals surface area contributed by atoms with Crippen molar-refractivity contribution in [2.24, 2.45) is 16.9 Å². The molecular formula is C40H32FN3O2. The minimum atomic E-state index is -1.63. The minimum absolute atomic E-state index is 0.150. The molecular weight excluding hydrogens is 573 g/mol. The molecule has 1 spiro atoms. The molecule has 0 saturated heterocycles. The molecule has 0 aromatic heterocycles. The lowest BCUT2D eigenvalue weighted by molar-refractivity contribution is -0.125. The number of carbonyl (C=O) groups is 2. The van der Waals surface area contributed by atoms with Gasteiger partial charge in [0.1, 0.15) is 5.82 Å². The van der Waals surface area contributed by atoms with Gasteiger partial charge in [0.05, 0.1) is 29.5 Å². The first kappa shape index (κ1) is 28.1. The van der Waals surface area contributed by atoms with Crippen molar-refractivity contribution < 1.29 is 14.0 Å². The van der Waals surface area contributed by atoms with Crippen LogP contribution in [0.4, 0.5) is 15.8 Å². The molecule has 3 aliphatic rings. The number of rotatable bonds is 5. The van der Waals surface area contributed by atoms with Gasteiger partial charge in [-0.15, -0.1) is 0 Å². The average Bonchev–Trinajstić information content (AvgIpc) is 3.31. The molecule has 0 fully saturated rings. The number of para-hydroxylation sites is 1. The van der Waals surface area contributed by atoms with Crippen LogP contribution in [0.15, 0.2) is 132 Å². The van der Waals surface area contributed by atoms with E-state index < -0.39 is 17.3 Å². The first-order chi connectivity index (χ1) is 22.5. The Hall–Kier alpha value is -5.36. The highest BCUT2D eigenvalue weighted by molar-refractivity contribution is 6.18. The summed E-state index contributed by atoms with van der Waals surface area (Å²) in [5.41, 5.74) is 5.51. The standard InChI is InChI=1S/C40H32FN3O2/c1-26-16-18-29(19-17-26)38(45)36-33-22-20-28-12-8-9-15-32(28)37(33)42-44(31-13-6-3-7-14-31)40(36)34-24-30(41)21-23-35(34)43(39(40)46)25-27-10-4-2-5-11-27/h2-19,21,23-24,33,36H,20,22,25H2,1H3/t33-,36-,40+/m0/s1. The van der Waals surface area contributed by atoms with Gasteiger partial charge < -0.3 is 4.90 Å². The molecule has 0 unspecified atom stereocenters. The number of amides is 1. The van der Waals surface area contributed by atoms with Gasteiger partial charge in [0.15, 0.2) is 11.3 Å². The first-order valence-corrected chi connectivity index (χ1v) is 15.8. The third-order valence-electron chi connectivity index (χ3n) is 9.80. The summed E-state index contributed by atoms with van der Waals surface area (Å²) in [5.74, 6) is -2.16. The number of carbonyl (C=O) groups excluding carboxylic acids is 2. The lowest BCUT2D eigenvalue weighted by Gasteiger charge is -2.51. The Labute approximate surface area is 267 Å². The maximum absolute atomic E-state index is 15.5. The monoisotopic (exact) mass is 605 g/mol. The number of aryl methyl sites for hydroxylation is 2. The van der Waals surface area contributed by atoms with E-state index in [1.165, 1.54) is 12.1 Å². The second-order valence-corrected chi connectivity index (χ2v) is 12.4. The highest BCUT2D eigenvalue weighted by atomic mass is 19.1. The van der Waals surface area contributed by atoms with Crippen molar-refractivity contribution in [3.63, 3.8) is 0 Å². The Bertz CT molecular complexity index is 2010. The number of benzene rings is 5. The average molecular weight is 606 g/mol. The Morgan fingerprint density at radius 2 is 1.57 bits per heavy atom. The number of Topliss-reactive ketones (excluding diaryl/α,β-unsaturated/α-hetero) is 1. The van der Waals surface area contributed by atoms with Gasteiger partial charge in [-0.05, 0) is 61.2 Å². The van der Waals surface area contributed by atoms with E-state index in [2.05, 4.69) is 12.1 Å². The van der Waals surface area contributed by atoms with Crippen molar-refractivity contribution >= 4 is 28.8 Å². The van der Waals surface area contributed by atoms with Crippen molar-refractivity contribution in [2.75, 3.05) is 9.91 Å². The normalized spacial score (nSPS) is 21.4. The molecule has 2 aliphatic heterocycles. The zero-order valence-electron chi connectivity index (χ0n) is 25.4. The molecule has 3 atom stereocenters. The minimum Gasteiger partial charge on any atom is -0.305 e. The quantitative estimate of drug-likeness (QED) is 0.192. The van der Waals surface area contributed by atoms with Crippen LogP contribution in [0.5, 0.6) is 0 Å². The Morgan fingerprint density at radius 1 is 0.870 bits per heavy atom. The number of anilines is 2. The maximum Gasteiger partial charge on any atom is 0.260 e. The number of hydrogen-bond acceptors (Lipinski definition) is 4.